The summed E-state index contributed by atoms with van der Waals surface area (Å²) in [5.41, 5.74) is 1.52. The van der Waals surface area contributed by atoms with Crippen LogP contribution in [0, 0.1) is 0 Å². The van der Waals surface area contributed by atoms with Gasteiger partial charge in [-0.3, -0.25) is 9.69 Å². The molecule has 0 saturated heterocycles. The van der Waals surface area contributed by atoms with Crippen LogP contribution in [0.25, 0.3) is 11.0 Å². The van der Waals surface area contributed by atoms with Crippen LogP contribution in [0.1, 0.15) is 41.9 Å². The average molecular weight is 425 g/mol. The molecule has 1 aromatic carbocycles. The molecular weight excluding hydrogens is 404 g/mol. The Kier molecular flexibility index (Phi) is 5.55. The van der Waals surface area contributed by atoms with Crippen molar-refractivity contribution in [3.63, 3.8) is 0 Å². The van der Waals surface area contributed by atoms with Gasteiger partial charge in [0.15, 0.2) is 5.65 Å². The SMILES string of the molecule is CCCCN(C)C(=O)OC1c2ccccc2C(=O)N1c1ccc2ccc(Cl)nc2n1. The van der Waals surface area contributed by atoms with Crippen LogP contribution >= 0.6 is 11.6 Å². The van der Waals surface area contributed by atoms with Gasteiger partial charge in [0.1, 0.15) is 11.0 Å². The van der Waals surface area contributed by atoms with Crippen molar-refractivity contribution in [2.24, 2.45) is 0 Å². The minimum absolute atomic E-state index is 0.284. The van der Waals surface area contributed by atoms with Crippen molar-refractivity contribution in [2.75, 3.05) is 18.5 Å². The Morgan fingerprint density at radius 1 is 1.17 bits per heavy atom. The fourth-order valence-electron chi connectivity index (χ4n) is 3.39. The smallest absolute Gasteiger partial charge is 0.411 e. The zero-order chi connectivity index (χ0) is 21.3. The maximum atomic E-state index is 13.2. The molecule has 3 heterocycles. The Hall–Kier alpha value is -3.19. The Bertz CT molecular complexity index is 1120. The third-order valence-electron chi connectivity index (χ3n) is 5.03. The topological polar surface area (TPSA) is 75.6 Å². The van der Waals surface area contributed by atoms with Gasteiger partial charge in [-0.05, 0) is 36.8 Å². The van der Waals surface area contributed by atoms with E-state index >= 15 is 0 Å². The van der Waals surface area contributed by atoms with Gasteiger partial charge < -0.3 is 9.64 Å². The molecule has 7 nitrogen and oxygen atoms in total. The standard InChI is InChI=1S/C22H21ClN4O3/c1-3-4-13-26(2)22(29)30-21-16-8-6-5-7-15(16)20(28)27(21)18-12-10-14-9-11-17(23)24-19(14)25-18/h5-12,21H,3-4,13H2,1-2H3. The van der Waals surface area contributed by atoms with Crippen LogP contribution in [-0.4, -0.2) is 40.5 Å². The number of aromatic nitrogens is 2. The molecule has 0 N–H and O–H groups in total. The van der Waals surface area contributed by atoms with Gasteiger partial charge in [-0.15, -0.1) is 0 Å². The second kappa shape index (κ2) is 8.28. The van der Waals surface area contributed by atoms with E-state index in [2.05, 4.69) is 16.9 Å². The molecule has 0 radical (unpaired) electrons. The summed E-state index contributed by atoms with van der Waals surface area (Å²) in [5.74, 6) is 0.0565. The highest BCUT2D eigenvalue weighted by Crippen LogP contribution is 2.38. The van der Waals surface area contributed by atoms with Crippen molar-refractivity contribution < 1.29 is 14.3 Å². The van der Waals surface area contributed by atoms with Crippen LogP contribution in [0.5, 0.6) is 0 Å². The fraction of sp³-hybridized carbons (Fsp3) is 0.273. The quantitative estimate of drug-likeness (QED) is 0.549. The molecule has 30 heavy (non-hydrogen) atoms. The minimum Gasteiger partial charge on any atom is -0.420 e. The van der Waals surface area contributed by atoms with Crippen molar-refractivity contribution in [3.8, 4) is 0 Å². The number of ether oxygens (including phenoxy) is 1. The van der Waals surface area contributed by atoms with Gasteiger partial charge in [0.2, 0.25) is 6.23 Å². The summed E-state index contributed by atoms with van der Waals surface area (Å²) >= 11 is 6.00. The van der Waals surface area contributed by atoms with Crippen LogP contribution in [0.2, 0.25) is 5.15 Å². The van der Waals surface area contributed by atoms with Crippen LogP contribution < -0.4 is 4.90 Å². The molecule has 2 aromatic heterocycles. The van der Waals surface area contributed by atoms with E-state index in [1.165, 1.54) is 9.80 Å². The average Bonchev–Trinajstić information content (AvgIpc) is 3.03. The van der Waals surface area contributed by atoms with Gasteiger partial charge in [-0.25, -0.2) is 14.8 Å². The monoisotopic (exact) mass is 424 g/mol. The second-order valence-electron chi connectivity index (χ2n) is 7.12. The number of unbranched alkanes of at least 4 members (excludes halogenated alkanes) is 1. The molecule has 3 aromatic rings. The number of amides is 2. The lowest BCUT2D eigenvalue weighted by atomic mass is 10.1. The number of hydrogen-bond acceptors (Lipinski definition) is 5. The van der Waals surface area contributed by atoms with Gasteiger partial charge in [0, 0.05) is 30.1 Å². The number of benzene rings is 1. The number of fused-ring (bicyclic) bond motifs is 2. The summed E-state index contributed by atoms with van der Waals surface area (Å²) in [6.07, 6.45) is 0.429. The van der Waals surface area contributed by atoms with Gasteiger partial charge >= 0.3 is 6.09 Å². The van der Waals surface area contributed by atoms with Crippen LogP contribution in [0.4, 0.5) is 10.6 Å². The molecule has 0 aliphatic carbocycles. The van der Waals surface area contributed by atoms with E-state index < -0.39 is 12.3 Å². The number of carbonyl (C=O) groups excluding carboxylic acids is 2. The molecule has 0 spiro atoms. The molecule has 1 aliphatic heterocycles. The Labute approximate surface area is 179 Å². The summed E-state index contributed by atoms with van der Waals surface area (Å²) in [6.45, 7) is 2.63. The molecule has 1 atom stereocenters. The lowest BCUT2D eigenvalue weighted by Crippen LogP contribution is -2.36. The fourth-order valence-corrected chi connectivity index (χ4v) is 3.54. The molecule has 2 amide bonds. The van der Waals surface area contributed by atoms with Crippen molar-refractivity contribution in [3.05, 3.63) is 64.8 Å². The minimum atomic E-state index is -0.908. The summed E-state index contributed by atoms with van der Waals surface area (Å²) in [7, 11) is 1.69. The second-order valence-corrected chi connectivity index (χ2v) is 7.51. The normalized spacial score (nSPS) is 15.4. The Morgan fingerprint density at radius 2 is 1.93 bits per heavy atom. The van der Waals surface area contributed by atoms with E-state index in [1.807, 2.05) is 18.2 Å². The number of rotatable bonds is 5. The van der Waals surface area contributed by atoms with Crippen LogP contribution in [-0.2, 0) is 4.74 Å². The Morgan fingerprint density at radius 3 is 2.73 bits per heavy atom. The molecule has 154 valence electrons. The number of nitrogens with zero attached hydrogens (tertiary/aromatic N) is 4. The van der Waals surface area contributed by atoms with Gasteiger partial charge in [0.05, 0.1) is 0 Å². The first-order valence-electron chi connectivity index (χ1n) is 9.77. The lowest BCUT2D eigenvalue weighted by Gasteiger charge is -2.26. The molecule has 0 bridgehead atoms. The lowest BCUT2D eigenvalue weighted by molar-refractivity contribution is 0.0655. The molecule has 4 rings (SSSR count). The maximum absolute atomic E-state index is 13.2. The zero-order valence-corrected chi connectivity index (χ0v) is 17.5. The summed E-state index contributed by atoms with van der Waals surface area (Å²) in [6, 6.07) is 14.1. The summed E-state index contributed by atoms with van der Waals surface area (Å²) in [5, 5.41) is 1.10. The largest absolute Gasteiger partial charge is 0.420 e. The first-order chi connectivity index (χ1) is 14.5. The predicted octanol–water partition coefficient (Wildman–Crippen LogP) is 4.81. The first-order valence-corrected chi connectivity index (χ1v) is 10.1. The van der Waals surface area contributed by atoms with E-state index in [-0.39, 0.29) is 5.91 Å². The van der Waals surface area contributed by atoms with E-state index in [0.717, 1.165) is 18.2 Å². The van der Waals surface area contributed by atoms with Crippen LogP contribution in [0.3, 0.4) is 0 Å². The molecule has 0 fully saturated rings. The molecular formula is C22H21ClN4O3. The summed E-state index contributed by atoms with van der Waals surface area (Å²) in [4.78, 5) is 37.5. The molecule has 0 saturated carbocycles. The molecule has 1 aliphatic rings. The van der Waals surface area contributed by atoms with Crippen molar-refractivity contribution in [2.45, 2.75) is 26.0 Å². The van der Waals surface area contributed by atoms with Gasteiger partial charge in [0.25, 0.3) is 5.91 Å². The highest BCUT2D eigenvalue weighted by atomic mass is 35.5. The van der Waals surface area contributed by atoms with E-state index in [9.17, 15) is 9.59 Å². The van der Waals surface area contributed by atoms with Crippen LogP contribution in [0.15, 0.2) is 48.5 Å². The molecule has 1 unspecified atom stereocenters. The van der Waals surface area contributed by atoms with E-state index in [0.29, 0.717) is 34.3 Å². The first kappa shape index (κ1) is 20.1. The van der Waals surface area contributed by atoms with Crippen molar-refractivity contribution in [1.29, 1.82) is 0 Å². The van der Waals surface area contributed by atoms with Crippen molar-refractivity contribution in [1.82, 2.24) is 14.9 Å². The Balaban J connectivity index is 1.72. The number of carbonyl (C=O) groups is 2. The molecule has 8 heteroatoms. The highest BCUT2D eigenvalue weighted by molar-refractivity contribution is 6.29. The van der Waals surface area contributed by atoms with Gasteiger partial charge in [-0.2, -0.15) is 0 Å². The van der Waals surface area contributed by atoms with E-state index in [4.69, 9.17) is 16.3 Å². The third-order valence-corrected chi connectivity index (χ3v) is 5.24. The number of halogens is 1. The van der Waals surface area contributed by atoms with Gasteiger partial charge in [-0.1, -0.05) is 43.1 Å². The maximum Gasteiger partial charge on any atom is 0.411 e. The number of pyridine rings is 2. The highest BCUT2D eigenvalue weighted by Gasteiger charge is 2.41. The third kappa shape index (κ3) is 3.68. The van der Waals surface area contributed by atoms with Crippen molar-refractivity contribution >= 4 is 40.5 Å². The number of hydrogen-bond donors (Lipinski definition) is 0. The predicted molar refractivity (Wildman–Crippen MR) is 115 cm³/mol. The zero-order valence-electron chi connectivity index (χ0n) is 16.7. The summed E-state index contributed by atoms with van der Waals surface area (Å²) < 4.78 is 5.78. The van der Waals surface area contributed by atoms with E-state index in [1.54, 1.807) is 37.4 Å². The number of anilines is 1.